The standard InChI is InChI=1S/C21H20O7/c22-10-17-18(24)19(25)20(26)21(28-17)12-6-7-15-13(8-12)14(23)9-16(27-15)11-4-2-1-3-5-11/h1-9,17-22,24-26H,10H2/t17-,18-,19+,20-,21?/m1/s1. The van der Waals surface area contributed by atoms with Crippen LogP contribution in [0.25, 0.3) is 22.3 Å². The van der Waals surface area contributed by atoms with E-state index < -0.39 is 37.1 Å². The molecule has 1 unspecified atom stereocenters. The Bertz CT molecular complexity index is 1030. The zero-order valence-corrected chi connectivity index (χ0v) is 14.8. The first kappa shape index (κ1) is 18.8. The SMILES string of the molecule is O=c1cc(-c2ccccc2)oc2ccc(C3O[C@H](CO)[C@@H](O)[C@H](O)[C@H]3O)cc12. The summed E-state index contributed by atoms with van der Waals surface area (Å²) in [5.41, 5.74) is 1.33. The largest absolute Gasteiger partial charge is 0.456 e. The second kappa shape index (κ2) is 7.46. The second-order valence-corrected chi connectivity index (χ2v) is 6.85. The molecule has 0 aliphatic carbocycles. The van der Waals surface area contributed by atoms with Gasteiger partial charge in [0.15, 0.2) is 5.43 Å². The Balaban J connectivity index is 1.74. The van der Waals surface area contributed by atoms with E-state index in [0.717, 1.165) is 5.56 Å². The van der Waals surface area contributed by atoms with Gasteiger partial charge in [-0.25, -0.2) is 0 Å². The van der Waals surface area contributed by atoms with Gasteiger partial charge in [-0.15, -0.1) is 0 Å². The van der Waals surface area contributed by atoms with Crippen molar-refractivity contribution < 1.29 is 29.6 Å². The molecule has 0 saturated carbocycles. The van der Waals surface area contributed by atoms with E-state index in [-0.39, 0.29) is 5.43 Å². The highest BCUT2D eigenvalue weighted by atomic mass is 16.5. The molecule has 1 fully saturated rings. The van der Waals surface area contributed by atoms with Crippen LogP contribution in [0.2, 0.25) is 0 Å². The van der Waals surface area contributed by atoms with Crippen molar-refractivity contribution in [3.63, 3.8) is 0 Å². The average Bonchev–Trinajstić information content (AvgIpc) is 2.73. The van der Waals surface area contributed by atoms with Crippen LogP contribution in [0.15, 0.2) is 63.8 Å². The molecule has 1 aromatic heterocycles. The molecule has 2 aromatic carbocycles. The number of fused-ring (bicyclic) bond motifs is 1. The van der Waals surface area contributed by atoms with E-state index in [1.165, 1.54) is 12.1 Å². The van der Waals surface area contributed by atoms with Crippen molar-refractivity contribution in [1.29, 1.82) is 0 Å². The molecule has 3 aromatic rings. The van der Waals surface area contributed by atoms with E-state index in [1.807, 2.05) is 30.3 Å². The zero-order valence-electron chi connectivity index (χ0n) is 14.8. The first-order chi connectivity index (χ1) is 13.5. The predicted molar refractivity (Wildman–Crippen MR) is 101 cm³/mol. The molecule has 0 bridgehead atoms. The van der Waals surface area contributed by atoms with Crippen LogP contribution in [-0.4, -0.2) is 51.4 Å². The molecule has 1 aliphatic rings. The van der Waals surface area contributed by atoms with Crippen molar-refractivity contribution in [2.45, 2.75) is 30.5 Å². The average molecular weight is 384 g/mol. The molecule has 2 heterocycles. The van der Waals surface area contributed by atoms with Gasteiger partial charge in [0.2, 0.25) is 0 Å². The highest BCUT2D eigenvalue weighted by molar-refractivity contribution is 5.79. The highest BCUT2D eigenvalue weighted by Gasteiger charge is 2.44. The topological polar surface area (TPSA) is 120 Å². The van der Waals surface area contributed by atoms with Crippen LogP contribution in [-0.2, 0) is 4.74 Å². The summed E-state index contributed by atoms with van der Waals surface area (Å²) in [5.74, 6) is 0.443. The summed E-state index contributed by atoms with van der Waals surface area (Å²) in [6, 6.07) is 15.4. The molecular weight excluding hydrogens is 364 g/mol. The van der Waals surface area contributed by atoms with Gasteiger partial charge in [0.25, 0.3) is 0 Å². The summed E-state index contributed by atoms with van der Waals surface area (Å²) < 4.78 is 11.4. The molecule has 1 aliphatic heterocycles. The third kappa shape index (κ3) is 3.23. The van der Waals surface area contributed by atoms with Gasteiger partial charge in [0, 0.05) is 11.6 Å². The van der Waals surface area contributed by atoms with Gasteiger partial charge in [-0.1, -0.05) is 36.4 Å². The summed E-state index contributed by atoms with van der Waals surface area (Å²) in [5, 5.41) is 39.8. The Morgan fingerprint density at radius 3 is 2.36 bits per heavy atom. The van der Waals surface area contributed by atoms with Gasteiger partial charge in [0.05, 0.1) is 12.0 Å². The van der Waals surface area contributed by atoms with Gasteiger partial charge < -0.3 is 29.6 Å². The quantitative estimate of drug-likeness (QED) is 0.531. The number of aliphatic hydroxyl groups excluding tert-OH is 4. The minimum absolute atomic E-state index is 0.258. The van der Waals surface area contributed by atoms with Gasteiger partial charge in [0.1, 0.15) is 41.9 Å². The molecule has 4 N–H and O–H groups in total. The van der Waals surface area contributed by atoms with E-state index in [4.69, 9.17) is 9.15 Å². The molecule has 0 radical (unpaired) electrons. The number of benzene rings is 2. The van der Waals surface area contributed by atoms with Crippen LogP contribution < -0.4 is 5.43 Å². The van der Waals surface area contributed by atoms with Gasteiger partial charge >= 0.3 is 0 Å². The maximum absolute atomic E-state index is 12.6. The second-order valence-electron chi connectivity index (χ2n) is 6.85. The first-order valence-corrected chi connectivity index (χ1v) is 8.93. The van der Waals surface area contributed by atoms with Crippen molar-refractivity contribution in [1.82, 2.24) is 0 Å². The molecule has 5 atom stereocenters. The predicted octanol–water partition coefficient (Wildman–Crippen LogP) is 0.975. The first-order valence-electron chi connectivity index (χ1n) is 8.93. The molecule has 4 rings (SSSR count). The van der Waals surface area contributed by atoms with E-state index in [2.05, 4.69) is 0 Å². The molecule has 1 saturated heterocycles. The molecule has 0 spiro atoms. The van der Waals surface area contributed by atoms with Gasteiger partial charge in [-0.05, 0) is 17.7 Å². The summed E-state index contributed by atoms with van der Waals surface area (Å²) in [6.45, 7) is -0.516. The molecule has 7 heteroatoms. The van der Waals surface area contributed by atoms with Gasteiger partial charge in [-0.2, -0.15) is 0 Å². The van der Waals surface area contributed by atoms with E-state index >= 15 is 0 Å². The normalized spacial score (nSPS) is 27.8. The Labute approximate surface area is 160 Å². The Hall–Kier alpha value is -2.55. The third-order valence-electron chi connectivity index (χ3n) is 5.03. The van der Waals surface area contributed by atoms with Crippen molar-refractivity contribution in [3.8, 4) is 11.3 Å². The van der Waals surface area contributed by atoms with Crippen LogP contribution in [0, 0.1) is 0 Å². The molecule has 0 amide bonds. The summed E-state index contributed by atoms with van der Waals surface area (Å²) in [7, 11) is 0. The fraction of sp³-hybridized carbons (Fsp3) is 0.286. The lowest BCUT2D eigenvalue weighted by Gasteiger charge is -2.40. The van der Waals surface area contributed by atoms with Crippen LogP contribution in [0.4, 0.5) is 0 Å². The molecule has 7 nitrogen and oxygen atoms in total. The van der Waals surface area contributed by atoms with E-state index in [9.17, 15) is 25.2 Å². The summed E-state index contributed by atoms with van der Waals surface area (Å²) in [4.78, 5) is 12.6. The zero-order chi connectivity index (χ0) is 19.8. The van der Waals surface area contributed by atoms with E-state index in [1.54, 1.807) is 12.1 Å². The third-order valence-corrected chi connectivity index (χ3v) is 5.03. The van der Waals surface area contributed by atoms with E-state index in [0.29, 0.717) is 22.3 Å². The van der Waals surface area contributed by atoms with Gasteiger partial charge in [-0.3, -0.25) is 4.79 Å². The smallest absolute Gasteiger partial charge is 0.193 e. The molecular formula is C21H20O7. The van der Waals surface area contributed by atoms with Crippen LogP contribution in [0.3, 0.4) is 0 Å². The van der Waals surface area contributed by atoms with Crippen molar-refractivity contribution >= 4 is 11.0 Å². The summed E-state index contributed by atoms with van der Waals surface area (Å²) in [6.07, 6.45) is -6.35. The van der Waals surface area contributed by atoms with Crippen molar-refractivity contribution in [3.05, 3.63) is 70.4 Å². The number of rotatable bonds is 3. The Morgan fingerprint density at radius 1 is 0.893 bits per heavy atom. The minimum Gasteiger partial charge on any atom is -0.456 e. The van der Waals surface area contributed by atoms with Crippen LogP contribution in [0.1, 0.15) is 11.7 Å². The lowest BCUT2D eigenvalue weighted by Crippen LogP contribution is -2.55. The fourth-order valence-corrected chi connectivity index (χ4v) is 3.47. The Kier molecular flexibility index (Phi) is 5.01. The lowest BCUT2D eigenvalue weighted by atomic mass is 9.91. The van der Waals surface area contributed by atoms with Crippen LogP contribution in [0.5, 0.6) is 0 Å². The fourth-order valence-electron chi connectivity index (χ4n) is 3.47. The van der Waals surface area contributed by atoms with Crippen molar-refractivity contribution in [2.24, 2.45) is 0 Å². The minimum atomic E-state index is -1.48. The lowest BCUT2D eigenvalue weighted by molar-refractivity contribution is -0.231. The summed E-state index contributed by atoms with van der Waals surface area (Å²) >= 11 is 0. The monoisotopic (exact) mass is 384 g/mol. The highest BCUT2D eigenvalue weighted by Crippen LogP contribution is 2.33. The maximum Gasteiger partial charge on any atom is 0.193 e. The van der Waals surface area contributed by atoms with Crippen LogP contribution >= 0.6 is 0 Å². The Morgan fingerprint density at radius 2 is 1.64 bits per heavy atom. The molecule has 28 heavy (non-hydrogen) atoms. The van der Waals surface area contributed by atoms with Crippen molar-refractivity contribution in [2.75, 3.05) is 6.61 Å². The molecule has 146 valence electrons. The number of hydrogen-bond acceptors (Lipinski definition) is 7. The number of hydrogen-bond donors (Lipinski definition) is 4. The maximum atomic E-state index is 12.6. The number of aliphatic hydroxyl groups is 4. The number of ether oxygens (including phenoxy) is 1.